The van der Waals surface area contributed by atoms with E-state index in [2.05, 4.69) is 5.32 Å². The van der Waals surface area contributed by atoms with E-state index in [0.717, 1.165) is 21.6 Å². The van der Waals surface area contributed by atoms with Crippen molar-refractivity contribution in [2.45, 2.75) is 4.90 Å². The second-order valence-electron chi connectivity index (χ2n) is 5.80. The zero-order chi connectivity index (χ0) is 19.4. The number of nitrogens with one attached hydrogen (secondary N) is 1. The Morgan fingerprint density at radius 1 is 1.04 bits per heavy atom. The highest BCUT2D eigenvalue weighted by atomic mass is 35.5. The molecule has 1 aromatic heterocycles. The number of carbonyl (C=O) groups is 1. The van der Waals surface area contributed by atoms with Gasteiger partial charge < -0.3 is 5.32 Å². The fourth-order valence-electron chi connectivity index (χ4n) is 2.38. The summed E-state index contributed by atoms with van der Waals surface area (Å²) in [4.78, 5) is 14.2. The van der Waals surface area contributed by atoms with Crippen LogP contribution in [0.4, 0.5) is 5.69 Å². The normalized spacial score (nSPS) is 11.6. The predicted octanol–water partition coefficient (Wildman–Crippen LogP) is 5.12. The van der Waals surface area contributed by atoms with Crippen LogP contribution in [0.15, 0.2) is 71.6 Å². The van der Waals surface area contributed by atoms with E-state index >= 15 is 0 Å². The summed E-state index contributed by atoms with van der Waals surface area (Å²) in [7, 11) is -3.25. The van der Waals surface area contributed by atoms with Crippen LogP contribution in [0.3, 0.4) is 0 Å². The number of sulfone groups is 1. The largest absolute Gasteiger partial charge is 0.323 e. The highest BCUT2D eigenvalue weighted by molar-refractivity contribution is 7.90. The first-order valence-electron chi connectivity index (χ1n) is 7.97. The molecule has 1 amide bonds. The molecule has 1 heterocycles. The Balaban J connectivity index is 1.66. The molecule has 0 aliphatic carbocycles. The van der Waals surface area contributed by atoms with Gasteiger partial charge in [0.2, 0.25) is 5.91 Å². The van der Waals surface area contributed by atoms with Gasteiger partial charge in [0.1, 0.15) is 0 Å². The molecular formula is C20H16ClNO3S2. The Labute approximate surface area is 167 Å². The van der Waals surface area contributed by atoms with Crippen molar-refractivity contribution in [1.29, 1.82) is 0 Å². The number of anilines is 1. The van der Waals surface area contributed by atoms with E-state index in [1.807, 2.05) is 36.4 Å². The fraction of sp³-hybridized carbons (Fsp3) is 0.0500. The van der Waals surface area contributed by atoms with Gasteiger partial charge in [-0.15, -0.1) is 11.3 Å². The zero-order valence-electron chi connectivity index (χ0n) is 14.3. The van der Waals surface area contributed by atoms with Crippen molar-refractivity contribution >= 4 is 50.4 Å². The summed E-state index contributed by atoms with van der Waals surface area (Å²) in [5, 5.41) is 3.39. The van der Waals surface area contributed by atoms with Crippen molar-refractivity contribution in [3.63, 3.8) is 0 Å². The first-order chi connectivity index (χ1) is 12.8. The third-order valence-electron chi connectivity index (χ3n) is 3.72. The van der Waals surface area contributed by atoms with Crippen LogP contribution in [0.5, 0.6) is 0 Å². The van der Waals surface area contributed by atoms with E-state index in [0.29, 0.717) is 10.7 Å². The van der Waals surface area contributed by atoms with Gasteiger partial charge in [-0.2, -0.15) is 0 Å². The number of amides is 1. The van der Waals surface area contributed by atoms with Gasteiger partial charge in [0.25, 0.3) is 0 Å². The maximum Gasteiger partial charge on any atom is 0.248 e. The lowest BCUT2D eigenvalue weighted by molar-refractivity contribution is -0.111. The van der Waals surface area contributed by atoms with E-state index < -0.39 is 9.84 Å². The summed E-state index contributed by atoms with van der Waals surface area (Å²) in [6, 6.07) is 17.5. The molecule has 0 fully saturated rings. The molecule has 3 aromatic rings. The summed E-state index contributed by atoms with van der Waals surface area (Å²) < 4.78 is 22.9. The van der Waals surface area contributed by atoms with Crippen LogP contribution in [-0.2, 0) is 14.6 Å². The van der Waals surface area contributed by atoms with Crippen molar-refractivity contribution in [1.82, 2.24) is 0 Å². The van der Waals surface area contributed by atoms with Gasteiger partial charge in [0, 0.05) is 38.4 Å². The van der Waals surface area contributed by atoms with Crippen LogP contribution >= 0.6 is 22.9 Å². The number of halogens is 1. The Morgan fingerprint density at radius 2 is 1.74 bits per heavy atom. The fourth-order valence-corrected chi connectivity index (χ4v) is 4.25. The minimum atomic E-state index is -3.25. The van der Waals surface area contributed by atoms with Gasteiger partial charge >= 0.3 is 0 Å². The van der Waals surface area contributed by atoms with Gasteiger partial charge in [-0.25, -0.2) is 8.42 Å². The number of benzene rings is 2. The minimum Gasteiger partial charge on any atom is -0.323 e. The van der Waals surface area contributed by atoms with Crippen LogP contribution in [0.2, 0.25) is 5.02 Å². The lowest BCUT2D eigenvalue weighted by atomic mass is 10.2. The Kier molecular flexibility index (Phi) is 5.79. The van der Waals surface area contributed by atoms with E-state index in [-0.39, 0.29) is 10.8 Å². The molecule has 2 aromatic carbocycles. The summed E-state index contributed by atoms with van der Waals surface area (Å²) in [5.41, 5.74) is 1.49. The SMILES string of the molecule is CS(=O)(=O)c1ccc(NC(=O)/C=C/c2ccc(-c3ccccc3Cl)s2)cc1. The van der Waals surface area contributed by atoms with Crippen LogP contribution in [0.25, 0.3) is 16.5 Å². The molecule has 0 spiro atoms. The van der Waals surface area contributed by atoms with Gasteiger partial charge in [-0.3, -0.25) is 4.79 Å². The molecule has 138 valence electrons. The Bertz CT molecular complexity index is 1100. The molecule has 3 rings (SSSR count). The molecule has 0 aliphatic rings. The van der Waals surface area contributed by atoms with E-state index in [1.165, 1.54) is 29.5 Å². The maximum absolute atomic E-state index is 12.1. The zero-order valence-corrected chi connectivity index (χ0v) is 16.7. The number of rotatable bonds is 5. The summed E-state index contributed by atoms with van der Waals surface area (Å²) in [5.74, 6) is -0.296. The molecule has 0 saturated carbocycles. The first kappa shape index (κ1) is 19.4. The molecule has 1 N–H and O–H groups in total. The van der Waals surface area contributed by atoms with Crippen molar-refractivity contribution < 1.29 is 13.2 Å². The van der Waals surface area contributed by atoms with Crippen molar-refractivity contribution in [3.8, 4) is 10.4 Å². The molecule has 27 heavy (non-hydrogen) atoms. The van der Waals surface area contributed by atoms with E-state index in [1.54, 1.807) is 18.2 Å². The van der Waals surface area contributed by atoms with Gasteiger partial charge in [-0.05, 0) is 48.5 Å². The topological polar surface area (TPSA) is 63.2 Å². The quantitative estimate of drug-likeness (QED) is 0.585. The average Bonchev–Trinajstić information content (AvgIpc) is 3.09. The third kappa shape index (κ3) is 5.07. The molecule has 0 bridgehead atoms. The van der Waals surface area contributed by atoms with Crippen molar-refractivity contribution in [2.75, 3.05) is 11.6 Å². The minimum absolute atomic E-state index is 0.210. The number of hydrogen-bond acceptors (Lipinski definition) is 4. The van der Waals surface area contributed by atoms with E-state index in [9.17, 15) is 13.2 Å². The molecule has 7 heteroatoms. The molecular weight excluding hydrogens is 402 g/mol. The number of carbonyl (C=O) groups excluding carboxylic acids is 1. The van der Waals surface area contributed by atoms with Crippen LogP contribution < -0.4 is 5.32 Å². The lowest BCUT2D eigenvalue weighted by Gasteiger charge is -2.03. The number of thiophene rings is 1. The van der Waals surface area contributed by atoms with Crippen LogP contribution in [-0.4, -0.2) is 20.6 Å². The molecule has 0 aliphatic heterocycles. The Hall–Kier alpha value is -2.41. The van der Waals surface area contributed by atoms with Gasteiger partial charge in [0.05, 0.1) is 4.90 Å². The molecule has 0 atom stereocenters. The lowest BCUT2D eigenvalue weighted by Crippen LogP contribution is -2.07. The molecule has 4 nitrogen and oxygen atoms in total. The van der Waals surface area contributed by atoms with E-state index in [4.69, 9.17) is 11.6 Å². The second-order valence-corrected chi connectivity index (χ2v) is 9.34. The molecule has 0 radical (unpaired) electrons. The Morgan fingerprint density at radius 3 is 2.41 bits per heavy atom. The number of hydrogen-bond donors (Lipinski definition) is 1. The average molecular weight is 418 g/mol. The maximum atomic E-state index is 12.1. The summed E-state index contributed by atoms with van der Waals surface area (Å²) in [6.45, 7) is 0. The molecule has 0 saturated heterocycles. The predicted molar refractivity (Wildman–Crippen MR) is 112 cm³/mol. The van der Waals surface area contributed by atoms with Crippen LogP contribution in [0, 0.1) is 0 Å². The van der Waals surface area contributed by atoms with Crippen molar-refractivity contribution in [3.05, 3.63) is 76.6 Å². The smallest absolute Gasteiger partial charge is 0.248 e. The second kappa shape index (κ2) is 8.08. The highest BCUT2D eigenvalue weighted by Crippen LogP contribution is 2.33. The van der Waals surface area contributed by atoms with Gasteiger partial charge in [0.15, 0.2) is 9.84 Å². The van der Waals surface area contributed by atoms with Gasteiger partial charge in [-0.1, -0.05) is 29.8 Å². The molecule has 0 unspecified atom stereocenters. The standard InChI is InChI=1S/C20H16ClNO3S2/c1-27(24,25)16-10-6-14(7-11-16)22-20(23)13-9-15-8-12-19(26-15)17-4-2-3-5-18(17)21/h2-13H,1H3,(H,22,23)/b13-9+. The highest BCUT2D eigenvalue weighted by Gasteiger charge is 2.07. The summed E-state index contributed by atoms with van der Waals surface area (Å²) in [6.07, 6.45) is 4.30. The monoisotopic (exact) mass is 417 g/mol. The van der Waals surface area contributed by atoms with Crippen molar-refractivity contribution in [2.24, 2.45) is 0 Å². The third-order valence-corrected chi connectivity index (χ3v) is 6.26. The van der Waals surface area contributed by atoms with Crippen LogP contribution in [0.1, 0.15) is 4.88 Å². The summed E-state index contributed by atoms with van der Waals surface area (Å²) >= 11 is 7.75. The first-order valence-corrected chi connectivity index (χ1v) is 11.1.